The van der Waals surface area contributed by atoms with Crippen molar-refractivity contribution in [2.45, 2.75) is 19.4 Å². The van der Waals surface area contributed by atoms with Gasteiger partial charge in [-0.3, -0.25) is 9.59 Å². The first-order valence-electron chi connectivity index (χ1n) is 10.1. The molecule has 29 heavy (non-hydrogen) atoms. The molecular weight excluding hydrogens is 366 g/mol. The van der Waals surface area contributed by atoms with E-state index in [2.05, 4.69) is 4.98 Å². The molecule has 6 nitrogen and oxygen atoms in total. The second-order valence-electron chi connectivity index (χ2n) is 7.64. The van der Waals surface area contributed by atoms with Gasteiger partial charge in [-0.15, -0.1) is 0 Å². The summed E-state index contributed by atoms with van der Waals surface area (Å²) in [6, 6.07) is 13.4. The summed E-state index contributed by atoms with van der Waals surface area (Å²) >= 11 is 0. The third kappa shape index (κ3) is 3.24. The molecule has 1 fully saturated rings. The van der Waals surface area contributed by atoms with Crippen molar-refractivity contribution in [1.82, 2.24) is 14.8 Å². The molecule has 0 aliphatic carbocycles. The van der Waals surface area contributed by atoms with Crippen molar-refractivity contribution in [3.8, 4) is 5.75 Å². The monoisotopic (exact) mass is 389 g/mol. The molecule has 2 aliphatic rings. The molecule has 2 aromatic carbocycles. The normalized spacial score (nSPS) is 16.4. The van der Waals surface area contributed by atoms with Crippen LogP contribution in [-0.2, 0) is 6.54 Å². The molecule has 2 aliphatic heterocycles. The number of nitrogens with one attached hydrogen (secondary N) is 1. The summed E-state index contributed by atoms with van der Waals surface area (Å²) in [7, 11) is 0. The van der Waals surface area contributed by atoms with E-state index in [9.17, 15) is 9.59 Å². The largest absolute Gasteiger partial charge is 0.491 e. The molecule has 3 aromatic rings. The number of rotatable bonds is 2. The zero-order chi connectivity index (χ0) is 19.8. The lowest BCUT2D eigenvalue weighted by molar-refractivity contribution is 0.0735. The van der Waals surface area contributed by atoms with Crippen LogP contribution in [0, 0.1) is 0 Å². The number of aromatic amines is 1. The van der Waals surface area contributed by atoms with Crippen LogP contribution >= 0.6 is 0 Å². The van der Waals surface area contributed by atoms with Gasteiger partial charge in [0.05, 0.1) is 12.1 Å². The van der Waals surface area contributed by atoms with Crippen LogP contribution in [0.25, 0.3) is 10.9 Å². The van der Waals surface area contributed by atoms with E-state index in [-0.39, 0.29) is 11.8 Å². The SMILES string of the molecule is O=C(c1ccc2c(c1)CN(C(=O)c1c[nH]c3ccccc13)CCO2)N1CCCC1. The summed E-state index contributed by atoms with van der Waals surface area (Å²) in [6.07, 6.45) is 3.90. The van der Waals surface area contributed by atoms with Gasteiger partial charge in [0.1, 0.15) is 12.4 Å². The maximum atomic E-state index is 13.2. The lowest BCUT2D eigenvalue weighted by atomic mass is 10.1. The standard InChI is InChI=1S/C23H23N3O3/c27-22(25-9-3-4-10-25)16-7-8-21-17(13-16)15-26(11-12-29-21)23(28)19-14-24-20-6-2-1-5-18(19)20/h1-2,5-8,13-14,24H,3-4,9-12,15H2. The predicted molar refractivity (Wildman–Crippen MR) is 110 cm³/mol. The first-order chi connectivity index (χ1) is 14.2. The molecule has 148 valence electrons. The predicted octanol–water partition coefficient (Wildman–Crippen LogP) is 3.44. The third-order valence-electron chi connectivity index (χ3n) is 5.79. The number of aromatic nitrogens is 1. The summed E-state index contributed by atoms with van der Waals surface area (Å²) in [5.41, 5.74) is 3.14. The lowest BCUT2D eigenvalue weighted by Crippen LogP contribution is -2.32. The van der Waals surface area contributed by atoms with E-state index >= 15 is 0 Å². The van der Waals surface area contributed by atoms with Crippen molar-refractivity contribution in [1.29, 1.82) is 0 Å². The van der Waals surface area contributed by atoms with Crippen LogP contribution in [0.1, 0.15) is 39.1 Å². The average Bonchev–Trinajstić information content (AvgIpc) is 3.38. The number of carbonyl (C=O) groups excluding carboxylic acids is 2. The van der Waals surface area contributed by atoms with Gasteiger partial charge in [0.15, 0.2) is 0 Å². The Kier molecular flexibility index (Phi) is 4.46. The number of H-pyrrole nitrogens is 1. The van der Waals surface area contributed by atoms with E-state index in [0.717, 1.165) is 48.1 Å². The van der Waals surface area contributed by atoms with E-state index in [1.54, 1.807) is 11.1 Å². The molecule has 0 bridgehead atoms. The van der Waals surface area contributed by atoms with E-state index in [1.165, 1.54) is 0 Å². The molecule has 0 unspecified atom stereocenters. The molecule has 2 amide bonds. The van der Waals surface area contributed by atoms with E-state index < -0.39 is 0 Å². The van der Waals surface area contributed by atoms with Crippen molar-refractivity contribution in [2.24, 2.45) is 0 Å². The molecule has 5 rings (SSSR count). The van der Waals surface area contributed by atoms with Gasteiger partial charge in [-0.25, -0.2) is 0 Å². The highest BCUT2D eigenvalue weighted by molar-refractivity contribution is 6.06. The van der Waals surface area contributed by atoms with Crippen LogP contribution in [0.4, 0.5) is 0 Å². The maximum absolute atomic E-state index is 13.2. The highest BCUT2D eigenvalue weighted by Crippen LogP contribution is 2.27. The number of hydrogen-bond acceptors (Lipinski definition) is 3. The number of likely N-dealkylation sites (tertiary alicyclic amines) is 1. The van der Waals surface area contributed by atoms with Crippen LogP contribution < -0.4 is 4.74 Å². The van der Waals surface area contributed by atoms with Gasteiger partial charge >= 0.3 is 0 Å². The summed E-state index contributed by atoms with van der Waals surface area (Å²) in [5.74, 6) is 0.774. The number of ether oxygens (including phenoxy) is 1. The Hall–Kier alpha value is -3.28. The van der Waals surface area contributed by atoms with Crippen molar-refractivity contribution < 1.29 is 14.3 Å². The van der Waals surface area contributed by atoms with E-state index in [1.807, 2.05) is 47.4 Å². The number of hydrogen-bond donors (Lipinski definition) is 1. The Balaban J connectivity index is 1.43. The maximum Gasteiger partial charge on any atom is 0.256 e. The summed E-state index contributed by atoms with van der Waals surface area (Å²) < 4.78 is 5.87. The highest BCUT2D eigenvalue weighted by Gasteiger charge is 2.25. The molecule has 0 spiro atoms. The van der Waals surface area contributed by atoms with Crippen molar-refractivity contribution >= 4 is 22.7 Å². The second kappa shape index (κ2) is 7.28. The molecule has 0 radical (unpaired) electrons. The van der Waals surface area contributed by atoms with Gasteiger partial charge in [-0.1, -0.05) is 18.2 Å². The van der Waals surface area contributed by atoms with Crippen LogP contribution in [0.2, 0.25) is 0 Å². The summed E-state index contributed by atoms with van der Waals surface area (Å²) in [5, 5.41) is 0.917. The average molecular weight is 389 g/mol. The number of carbonyl (C=O) groups is 2. The molecule has 1 aromatic heterocycles. The first kappa shape index (κ1) is 17.8. The minimum Gasteiger partial charge on any atom is -0.491 e. The van der Waals surface area contributed by atoms with Gasteiger partial charge in [-0.2, -0.15) is 0 Å². The van der Waals surface area contributed by atoms with Gasteiger partial charge in [0.2, 0.25) is 0 Å². The molecular formula is C23H23N3O3. The summed E-state index contributed by atoms with van der Waals surface area (Å²) in [4.78, 5) is 32.9. The fraction of sp³-hybridized carbons (Fsp3) is 0.304. The second-order valence-corrected chi connectivity index (χ2v) is 7.64. The topological polar surface area (TPSA) is 65.6 Å². The fourth-order valence-corrected chi connectivity index (χ4v) is 4.22. The Bertz CT molecular complexity index is 1080. The Morgan fingerprint density at radius 3 is 2.62 bits per heavy atom. The van der Waals surface area contributed by atoms with Crippen molar-refractivity contribution in [2.75, 3.05) is 26.2 Å². The minimum atomic E-state index is -0.0322. The Morgan fingerprint density at radius 2 is 1.76 bits per heavy atom. The lowest BCUT2D eigenvalue weighted by Gasteiger charge is -2.20. The van der Waals surface area contributed by atoms with Gasteiger partial charge in [0, 0.05) is 47.9 Å². The molecule has 6 heteroatoms. The van der Waals surface area contributed by atoms with Crippen LogP contribution in [0.5, 0.6) is 5.75 Å². The van der Waals surface area contributed by atoms with Gasteiger partial charge in [-0.05, 0) is 37.1 Å². The summed E-state index contributed by atoms with van der Waals surface area (Å²) in [6.45, 7) is 2.99. The number of benzene rings is 2. The molecule has 1 N–H and O–H groups in total. The third-order valence-corrected chi connectivity index (χ3v) is 5.79. The minimum absolute atomic E-state index is 0.0322. The number of amides is 2. The first-order valence-corrected chi connectivity index (χ1v) is 10.1. The number of fused-ring (bicyclic) bond motifs is 2. The van der Waals surface area contributed by atoms with Gasteiger partial charge in [0.25, 0.3) is 11.8 Å². The smallest absolute Gasteiger partial charge is 0.256 e. The van der Waals surface area contributed by atoms with Crippen molar-refractivity contribution in [3.63, 3.8) is 0 Å². The number of para-hydroxylation sites is 1. The van der Waals surface area contributed by atoms with Crippen LogP contribution in [-0.4, -0.2) is 52.8 Å². The van der Waals surface area contributed by atoms with Crippen LogP contribution in [0.15, 0.2) is 48.7 Å². The Labute approximate surface area is 169 Å². The number of nitrogens with zero attached hydrogens (tertiary/aromatic N) is 2. The van der Waals surface area contributed by atoms with Gasteiger partial charge < -0.3 is 19.5 Å². The quantitative estimate of drug-likeness (QED) is 0.730. The molecule has 0 saturated carbocycles. The van der Waals surface area contributed by atoms with Crippen molar-refractivity contribution in [3.05, 3.63) is 65.4 Å². The van der Waals surface area contributed by atoms with E-state index in [4.69, 9.17) is 4.74 Å². The van der Waals surface area contributed by atoms with E-state index in [0.29, 0.717) is 30.8 Å². The fourth-order valence-electron chi connectivity index (χ4n) is 4.22. The Morgan fingerprint density at radius 1 is 0.931 bits per heavy atom. The zero-order valence-electron chi connectivity index (χ0n) is 16.2. The molecule has 1 saturated heterocycles. The molecule has 3 heterocycles. The zero-order valence-corrected chi connectivity index (χ0v) is 16.2. The molecule has 0 atom stereocenters. The highest BCUT2D eigenvalue weighted by atomic mass is 16.5. The van der Waals surface area contributed by atoms with Crippen LogP contribution in [0.3, 0.4) is 0 Å².